The van der Waals surface area contributed by atoms with Crippen LogP contribution in [0.1, 0.15) is 6.42 Å². The molecule has 0 fully saturated rings. The number of hydrogen-bond donors (Lipinski definition) is 0. The summed E-state index contributed by atoms with van der Waals surface area (Å²) in [6.07, 6.45) is 6.77. The Bertz CT molecular complexity index is 154. The molecule has 0 heterocycles. The predicted octanol–water partition coefficient (Wildman–Crippen LogP) is 3.20. The average molecular weight is 277 g/mol. The Hall–Kier alpha value is -0.250. The second-order valence-corrected chi connectivity index (χ2v) is 3.28. The van der Waals surface area contributed by atoms with Crippen LogP contribution in [0.25, 0.3) is 0 Å². The Balaban J connectivity index is 3.88. The molecule has 0 rings (SSSR count). The first kappa shape index (κ1) is 11.8. The first-order valence-electron chi connectivity index (χ1n) is 3.94. The third-order valence-corrected chi connectivity index (χ3v) is 2.56. The Labute approximate surface area is 89.0 Å². The maximum Gasteiger partial charge on any atom is 0.0693 e. The molecule has 68 valence electrons. The molecule has 0 aromatic heterocycles. The van der Waals surface area contributed by atoms with Crippen LogP contribution in [0.2, 0.25) is 0 Å². The van der Waals surface area contributed by atoms with Crippen molar-refractivity contribution in [3.05, 3.63) is 38.1 Å². The van der Waals surface area contributed by atoms with Gasteiger partial charge in [-0.25, -0.2) is 0 Å². The molecular weight excluding hydrogens is 261 g/mol. The Morgan fingerprint density at radius 3 is 2.33 bits per heavy atom. The fourth-order valence-electron chi connectivity index (χ4n) is 0.933. The minimum absolute atomic E-state index is 0.496. The van der Waals surface area contributed by atoms with Gasteiger partial charge in [0.05, 0.1) is 4.55 Å². The lowest BCUT2D eigenvalue weighted by Crippen LogP contribution is -2.21. The van der Waals surface area contributed by atoms with E-state index in [9.17, 15) is 0 Å². The van der Waals surface area contributed by atoms with Gasteiger partial charge in [0, 0.05) is 6.54 Å². The fourth-order valence-corrected chi connectivity index (χ4v) is 1.49. The van der Waals surface area contributed by atoms with Gasteiger partial charge < -0.3 is 4.90 Å². The summed E-state index contributed by atoms with van der Waals surface area (Å²) in [6.45, 7) is 12.2. The summed E-state index contributed by atoms with van der Waals surface area (Å²) in [5.41, 5.74) is 0. The zero-order valence-electron chi connectivity index (χ0n) is 7.38. The molecule has 0 aliphatic carbocycles. The van der Waals surface area contributed by atoms with E-state index in [1.165, 1.54) is 0 Å². The molecule has 0 amide bonds. The molecule has 2 heteroatoms. The van der Waals surface area contributed by atoms with E-state index in [0.717, 1.165) is 17.5 Å². The van der Waals surface area contributed by atoms with Crippen molar-refractivity contribution in [1.29, 1.82) is 0 Å². The molecule has 0 N–H and O–H groups in total. The van der Waals surface area contributed by atoms with Gasteiger partial charge in [0.1, 0.15) is 0 Å². The zero-order chi connectivity index (χ0) is 9.40. The first-order valence-corrected chi connectivity index (χ1v) is 5.47. The topological polar surface area (TPSA) is 3.24 Å². The number of rotatable bonds is 7. The Morgan fingerprint density at radius 2 is 2.00 bits per heavy atom. The maximum absolute atomic E-state index is 3.79. The van der Waals surface area contributed by atoms with E-state index in [1.807, 2.05) is 18.4 Å². The third-order valence-electron chi connectivity index (χ3n) is 1.68. The van der Waals surface area contributed by atoms with Gasteiger partial charge >= 0.3 is 0 Å². The van der Waals surface area contributed by atoms with E-state index < -0.39 is 0 Å². The van der Waals surface area contributed by atoms with E-state index in [0.29, 0.717) is 5.92 Å². The van der Waals surface area contributed by atoms with Crippen LogP contribution < -0.4 is 0 Å². The first-order chi connectivity index (χ1) is 5.78. The molecule has 1 unspecified atom stereocenters. The molecule has 0 aromatic carbocycles. The molecule has 0 bridgehead atoms. The largest absolute Gasteiger partial charge is 0.368 e. The Kier molecular flexibility index (Phi) is 7.25. The Morgan fingerprint density at radius 1 is 1.33 bits per heavy atom. The van der Waals surface area contributed by atoms with E-state index in [1.54, 1.807) is 0 Å². The normalized spacial score (nSPS) is 11.8. The van der Waals surface area contributed by atoms with Crippen molar-refractivity contribution in [3.8, 4) is 0 Å². The number of halogens is 1. The van der Waals surface area contributed by atoms with Gasteiger partial charge in [-0.1, -0.05) is 41.3 Å². The summed E-state index contributed by atoms with van der Waals surface area (Å²) < 4.78 is 0.975. The van der Waals surface area contributed by atoms with Crippen molar-refractivity contribution < 1.29 is 0 Å². The van der Waals surface area contributed by atoms with Gasteiger partial charge in [0.25, 0.3) is 0 Å². The van der Waals surface area contributed by atoms with E-state index in [2.05, 4.69) is 47.2 Å². The lowest BCUT2D eigenvalue weighted by atomic mass is 10.1. The van der Waals surface area contributed by atoms with Crippen molar-refractivity contribution in [3.63, 3.8) is 0 Å². The highest BCUT2D eigenvalue weighted by Crippen LogP contribution is 2.08. The second kappa shape index (κ2) is 7.40. The third kappa shape index (κ3) is 4.59. The van der Waals surface area contributed by atoms with Gasteiger partial charge in [-0.05, 0) is 18.5 Å². The van der Waals surface area contributed by atoms with Crippen LogP contribution in [0.15, 0.2) is 38.1 Å². The smallest absolute Gasteiger partial charge is 0.0693 e. The van der Waals surface area contributed by atoms with Crippen molar-refractivity contribution in [2.24, 2.45) is 5.92 Å². The number of allylic oxidation sites excluding steroid dienone is 1. The quantitative estimate of drug-likeness (QED) is 0.299. The predicted molar refractivity (Wildman–Crippen MR) is 64.3 cm³/mol. The molecule has 0 spiro atoms. The summed E-state index contributed by atoms with van der Waals surface area (Å²) in [5.74, 6) is 0.496. The molecule has 12 heavy (non-hydrogen) atoms. The summed E-state index contributed by atoms with van der Waals surface area (Å²) in [4.78, 5) is 2.16. The van der Waals surface area contributed by atoms with Gasteiger partial charge in [-0.2, -0.15) is 0 Å². The van der Waals surface area contributed by atoms with Crippen LogP contribution >= 0.6 is 22.6 Å². The summed E-state index contributed by atoms with van der Waals surface area (Å²) in [5, 5.41) is 0. The van der Waals surface area contributed by atoms with Gasteiger partial charge in [-0.15, -0.1) is 13.2 Å². The minimum Gasteiger partial charge on any atom is -0.368 e. The monoisotopic (exact) mass is 277 g/mol. The number of alkyl halides is 1. The van der Waals surface area contributed by atoms with Crippen LogP contribution in [-0.4, -0.2) is 16.0 Å². The summed E-state index contributed by atoms with van der Waals surface area (Å²) >= 11 is 2.32. The standard InChI is InChI=1S/C10H16IN/c1-4-7-10(5-2)8-12(6-3)9-11/h4-6,10H,1-3,7-9H2. The number of nitrogens with zero attached hydrogens (tertiary/aromatic N) is 1. The molecule has 0 aromatic rings. The van der Waals surface area contributed by atoms with Crippen LogP contribution in [0.4, 0.5) is 0 Å². The van der Waals surface area contributed by atoms with Crippen molar-refractivity contribution in [1.82, 2.24) is 4.90 Å². The van der Waals surface area contributed by atoms with Crippen LogP contribution in [0, 0.1) is 5.92 Å². The van der Waals surface area contributed by atoms with Gasteiger partial charge in [0.2, 0.25) is 0 Å². The van der Waals surface area contributed by atoms with Gasteiger partial charge in [0.15, 0.2) is 0 Å². The minimum atomic E-state index is 0.496. The number of hydrogen-bond acceptors (Lipinski definition) is 1. The van der Waals surface area contributed by atoms with Crippen molar-refractivity contribution in [2.45, 2.75) is 6.42 Å². The van der Waals surface area contributed by atoms with E-state index in [-0.39, 0.29) is 0 Å². The molecule has 1 nitrogen and oxygen atoms in total. The molecule has 0 saturated carbocycles. The van der Waals surface area contributed by atoms with Crippen molar-refractivity contribution in [2.75, 3.05) is 11.1 Å². The van der Waals surface area contributed by atoms with Crippen LogP contribution in [0.3, 0.4) is 0 Å². The molecule has 1 atom stereocenters. The highest BCUT2D eigenvalue weighted by molar-refractivity contribution is 14.1. The maximum atomic E-state index is 3.79. The van der Waals surface area contributed by atoms with Crippen LogP contribution in [0.5, 0.6) is 0 Å². The highest BCUT2D eigenvalue weighted by atomic mass is 127. The highest BCUT2D eigenvalue weighted by Gasteiger charge is 2.04. The average Bonchev–Trinajstić information content (AvgIpc) is 2.12. The lowest BCUT2D eigenvalue weighted by Gasteiger charge is -2.20. The SMILES string of the molecule is C=CCC(C=C)CN(C=C)CI. The van der Waals surface area contributed by atoms with Crippen molar-refractivity contribution >= 4 is 22.6 Å². The second-order valence-electron chi connectivity index (χ2n) is 2.59. The molecular formula is C10H16IN. The molecule has 0 aliphatic rings. The lowest BCUT2D eigenvalue weighted by molar-refractivity contribution is 0.392. The molecule has 0 radical (unpaired) electrons. The summed E-state index contributed by atoms with van der Waals surface area (Å²) in [6, 6.07) is 0. The van der Waals surface area contributed by atoms with Gasteiger partial charge in [-0.3, -0.25) is 0 Å². The summed E-state index contributed by atoms with van der Waals surface area (Å²) in [7, 11) is 0. The van der Waals surface area contributed by atoms with E-state index in [4.69, 9.17) is 0 Å². The molecule has 0 saturated heterocycles. The van der Waals surface area contributed by atoms with Crippen LogP contribution in [-0.2, 0) is 0 Å². The fraction of sp³-hybridized carbons (Fsp3) is 0.400. The van der Waals surface area contributed by atoms with E-state index >= 15 is 0 Å². The molecule has 0 aliphatic heterocycles. The zero-order valence-corrected chi connectivity index (χ0v) is 9.53.